The van der Waals surface area contributed by atoms with Crippen LogP contribution in [-0.2, 0) is 12.4 Å². The lowest BCUT2D eigenvalue weighted by atomic mass is 9.95. The number of alkyl halides is 6. The molecule has 0 heterocycles. The van der Waals surface area contributed by atoms with Crippen molar-refractivity contribution >= 4 is 45.0 Å². The van der Waals surface area contributed by atoms with Crippen molar-refractivity contribution in [2.45, 2.75) is 34.0 Å². The van der Waals surface area contributed by atoms with Crippen molar-refractivity contribution in [2.75, 3.05) is 11.5 Å². The highest BCUT2D eigenvalue weighted by atomic mass is 32.2. The zero-order valence-electron chi connectivity index (χ0n) is 23.5. The molecule has 236 valence electrons. The fourth-order valence-electron chi connectivity index (χ4n) is 4.00. The fraction of sp³-hybridized carbons (Fsp3) is 0.125. The smallest absolute Gasteiger partial charge is 0.399 e. The van der Waals surface area contributed by atoms with E-state index in [9.17, 15) is 36.9 Å². The number of nitrogens with two attached hydrogens (primary N) is 2. The summed E-state index contributed by atoms with van der Waals surface area (Å²) in [4.78, 5) is 1.27. The summed E-state index contributed by atoms with van der Waals surface area (Å²) in [5.74, 6) is -2.56. The molecule has 0 aliphatic heterocycles. The molecule has 46 heavy (non-hydrogen) atoms. The quantitative estimate of drug-likeness (QED) is 0.0528. The Hall–Kier alpha value is -4.92. The third-order valence-electron chi connectivity index (χ3n) is 6.15. The molecule has 14 heteroatoms. The molecule has 0 fully saturated rings. The van der Waals surface area contributed by atoms with Crippen molar-refractivity contribution in [3.63, 3.8) is 0 Å². The SMILES string of the molecule is N#CC(C(=N)Sc1ccc(N)cc1)c1ccccc1C(F)(F)F.N#CC(C(=N)Sc1ccc(N)cc1)c1ccccc1C(F)(F)F. The number of rotatable bonds is 6. The standard InChI is InChI=1S/2C16H12F3N3S/c2*17-16(18,19)14-4-2-1-3-12(14)13(9-20)15(22)23-11-7-5-10(21)6-8-11/h2*1-8,13,22H,21H2. The van der Waals surface area contributed by atoms with Crippen molar-refractivity contribution in [3.8, 4) is 12.1 Å². The van der Waals surface area contributed by atoms with Crippen LogP contribution in [0.4, 0.5) is 37.7 Å². The molecule has 2 atom stereocenters. The van der Waals surface area contributed by atoms with Gasteiger partial charge >= 0.3 is 12.4 Å². The summed E-state index contributed by atoms with van der Waals surface area (Å²) in [5.41, 5.74) is 9.99. The summed E-state index contributed by atoms with van der Waals surface area (Å²) in [6.07, 6.45) is -9.14. The van der Waals surface area contributed by atoms with Crippen LogP contribution in [0.1, 0.15) is 34.1 Å². The average molecular weight is 671 g/mol. The molecular formula is C32H24F6N6S2. The van der Waals surface area contributed by atoms with E-state index < -0.39 is 35.3 Å². The van der Waals surface area contributed by atoms with Gasteiger partial charge in [-0.25, -0.2) is 0 Å². The Labute approximate surface area is 269 Å². The first-order valence-electron chi connectivity index (χ1n) is 13.0. The van der Waals surface area contributed by atoms with Crippen LogP contribution in [0.5, 0.6) is 0 Å². The van der Waals surface area contributed by atoms with E-state index in [1.54, 1.807) is 60.7 Å². The Morgan fingerprint density at radius 1 is 0.565 bits per heavy atom. The summed E-state index contributed by atoms with van der Waals surface area (Å²) < 4.78 is 78.5. The lowest BCUT2D eigenvalue weighted by Crippen LogP contribution is -2.15. The topological polar surface area (TPSA) is 147 Å². The zero-order valence-corrected chi connectivity index (χ0v) is 25.2. The summed E-state index contributed by atoms with van der Waals surface area (Å²) in [5, 5.41) is 34.2. The zero-order chi connectivity index (χ0) is 34.1. The molecule has 0 amide bonds. The molecule has 0 radical (unpaired) electrons. The van der Waals surface area contributed by atoms with Gasteiger partial charge in [0.05, 0.1) is 33.4 Å². The first-order chi connectivity index (χ1) is 21.6. The fourth-order valence-corrected chi connectivity index (χ4v) is 5.64. The summed E-state index contributed by atoms with van der Waals surface area (Å²) >= 11 is 1.87. The van der Waals surface area contributed by atoms with Crippen LogP contribution >= 0.6 is 23.5 Å². The number of nitrogens with zero attached hydrogens (tertiary/aromatic N) is 2. The maximum atomic E-state index is 13.1. The second-order valence-electron chi connectivity index (χ2n) is 9.36. The number of halogens is 6. The normalized spacial score (nSPS) is 12.4. The van der Waals surface area contributed by atoms with Crippen LogP contribution in [0.2, 0.25) is 0 Å². The van der Waals surface area contributed by atoms with Gasteiger partial charge in [0.15, 0.2) is 0 Å². The molecule has 0 spiro atoms. The Bertz CT molecular complexity index is 1630. The van der Waals surface area contributed by atoms with Gasteiger partial charge in [-0.2, -0.15) is 36.9 Å². The molecule has 0 aliphatic carbocycles. The molecule has 0 saturated carbocycles. The van der Waals surface area contributed by atoms with Crippen LogP contribution < -0.4 is 11.5 Å². The van der Waals surface area contributed by atoms with Crippen molar-refractivity contribution in [2.24, 2.45) is 0 Å². The molecule has 6 nitrogen and oxygen atoms in total. The Morgan fingerprint density at radius 3 is 1.15 bits per heavy atom. The van der Waals surface area contributed by atoms with Crippen LogP contribution in [0, 0.1) is 33.5 Å². The van der Waals surface area contributed by atoms with Gasteiger partial charge in [-0.05, 0) is 71.8 Å². The molecular weight excluding hydrogens is 647 g/mol. The number of hydrogen-bond donors (Lipinski definition) is 4. The van der Waals surface area contributed by atoms with Gasteiger partial charge in [0, 0.05) is 21.2 Å². The average Bonchev–Trinajstić information content (AvgIpc) is 3.00. The summed E-state index contributed by atoms with van der Waals surface area (Å²) in [6.45, 7) is 0. The van der Waals surface area contributed by atoms with Gasteiger partial charge in [0.2, 0.25) is 0 Å². The van der Waals surface area contributed by atoms with Crippen molar-refractivity contribution in [3.05, 3.63) is 119 Å². The van der Waals surface area contributed by atoms with E-state index in [1.165, 1.54) is 36.4 Å². The number of nitrogens with one attached hydrogen (secondary N) is 2. The van der Waals surface area contributed by atoms with E-state index in [2.05, 4.69) is 0 Å². The van der Waals surface area contributed by atoms with Gasteiger partial charge in [-0.15, -0.1) is 0 Å². The molecule has 0 aliphatic rings. The minimum absolute atomic E-state index is 0.172. The van der Waals surface area contributed by atoms with Crippen LogP contribution in [0.25, 0.3) is 0 Å². The monoisotopic (exact) mass is 670 g/mol. The number of nitriles is 2. The van der Waals surface area contributed by atoms with E-state index >= 15 is 0 Å². The lowest BCUT2D eigenvalue weighted by molar-refractivity contribution is -0.139. The molecule has 0 bridgehead atoms. The molecule has 0 aromatic heterocycles. The Balaban J connectivity index is 0.000000250. The van der Waals surface area contributed by atoms with Crippen molar-refractivity contribution in [1.29, 1.82) is 21.3 Å². The maximum absolute atomic E-state index is 13.1. The Kier molecular flexibility index (Phi) is 11.9. The van der Waals surface area contributed by atoms with Crippen molar-refractivity contribution < 1.29 is 26.3 Å². The maximum Gasteiger partial charge on any atom is 0.416 e. The molecule has 4 aromatic carbocycles. The molecule has 4 aromatic rings. The van der Waals surface area contributed by atoms with Crippen LogP contribution in [0.3, 0.4) is 0 Å². The second-order valence-corrected chi connectivity index (χ2v) is 11.6. The predicted molar refractivity (Wildman–Crippen MR) is 168 cm³/mol. The van der Waals surface area contributed by atoms with Gasteiger partial charge in [-0.1, -0.05) is 59.9 Å². The highest BCUT2D eigenvalue weighted by Gasteiger charge is 2.37. The first-order valence-corrected chi connectivity index (χ1v) is 14.6. The van der Waals surface area contributed by atoms with Gasteiger partial charge in [0.1, 0.15) is 11.8 Å². The minimum atomic E-state index is -4.57. The highest BCUT2D eigenvalue weighted by molar-refractivity contribution is 8.14. The summed E-state index contributed by atoms with van der Waals surface area (Å²) in [6, 6.07) is 26.4. The molecule has 6 N–H and O–H groups in total. The van der Waals surface area contributed by atoms with Crippen LogP contribution in [-0.4, -0.2) is 10.1 Å². The molecule has 2 unspecified atom stereocenters. The largest absolute Gasteiger partial charge is 0.416 e. The minimum Gasteiger partial charge on any atom is -0.399 e. The predicted octanol–water partition coefficient (Wildman–Crippen LogP) is 9.33. The number of thioether (sulfide) groups is 2. The first kappa shape index (κ1) is 35.6. The number of hydrogen-bond acceptors (Lipinski definition) is 8. The molecule has 4 rings (SSSR count). The van der Waals surface area contributed by atoms with E-state index in [1.807, 2.05) is 0 Å². The van der Waals surface area contributed by atoms with E-state index in [0.29, 0.717) is 21.2 Å². The molecule has 0 saturated heterocycles. The van der Waals surface area contributed by atoms with Crippen LogP contribution in [0.15, 0.2) is 107 Å². The number of anilines is 2. The third kappa shape index (κ3) is 9.54. The van der Waals surface area contributed by atoms with Gasteiger partial charge in [-0.3, -0.25) is 10.8 Å². The van der Waals surface area contributed by atoms with Gasteiger partial charge in [0.25, 0.3) is 0 Å². The number of benzene rings is 4. The van der Waals surface area contributed by atoms with E-state index in [0.717, 1.165) is 35.7 Å². The number of nitrogen functional groups attached to an aromatic ring is 2. The summed E-state index contributed by atoms with van der Waals surface area (Å²) in [7, 11) is 0. The third-order valence-corrected chi connectivity index (χ3v) is 8.08. The second kappa shape index (κ2) is 15.4. The van der Waals surface area contributed by atoms with Crippen molar-refractivity contribution in [1.82, 2.24) is 0 Å². The lowest BCUT2D eigenvalue weighted by Gasteiger charge is -2.17. The van der Waals surface area contributed by atoms with E-state index in [4.69, 9.17) is 22.3 Å². The van der Waals surface area contributed by atoms with Gasteiger partial charge < -0.3 is 11.5 Å². The Morgan fingerprint density at radius 2 is 0.870 bits per heavy atom. The highest BCUT2D eigenvalue weighted by Crippen LogP contribution is 2.39. The van der Waals surface area contributed by atoms with E-state index in [-0.39, 0.29) is 21.2 Å².